The van der Waals surface area contributed by atoms with Crippen molar-refractivity contribution in [2.45, 2.75) is 167 Å². The summed E-state index contributed by atoms with van der Waals surface area (Å²) < 4.78 is 29.8. The van der Waals surface area contributed by atoms with Gasteiger partial charge in [-0.25, -0.2) is 4.79 Å². The lowest BCUT2D eigenvalue weighted by molar-refractivity contribution is -0.302. The number of ketones is 2. The first kappa shape index (κ1) is 47.9. The molecule has 1 aliphatic carbocycles. The molecule has 4 aliphatic rings. The number of carbonyl (C=O) groups excluding carboxylic acids is 4. The molecule has 2 bridgehead atoms. The normalized spacial score (nSPS) is 40.5. The average Bonchev–Trinajstić information content (AvgIpc) is 3.18. The zero-order valence-corrected chi connectivity index (χ0v) is 36.3. The summed E-state index contributed by atoms with van der Waals surface area (Å²) >= 11 is 0. The molecule has 328 valence electrons. The molecule has 0 radical (unpaired) electrons. The second-order valence-electron chi connectivity index (χ2n) is 17.9. The highest BCUT2D eigenvalue weighted by atomic mass is 16.7. The average molecular weight is 818 g/mol. The monoisotopic (exact) mass is 817 g/mol. The van der Waals surface area contributed by atoms with Gasteiger partial charge in [0.15, 0.2) is 5.78 Å². The van der Waals surface area contributed by atoms with Gasteiger partial charge in [0.05, 0.1) is 30.5 Å². The Morgan fingerprint density at radius 1 is 0.897 bits per heavy atom. The summed E-state index contributed by atoms with van der Waals surface area (Å²) in [6, 6.07) is -1.15. The van der Waals surface area contributed by atoms with Crippen molar-refractivity contribution in [3.63, 3.8) is 0 Å². The SMILES string of the molecule is C=C(C)C/C1=C\C(C)C[C@H](C)C[C@H](OC)[C@H]2O[C@@](O)(C(=O)C(=O)N3CCCC[C@H]3C(=O)O[C@H](C(C)=C[C@@H]3CC[C@@H](O)[C@H](OC)C3)[C@H](C)[C@@H](O)CC1=O)[C@H](C)C[C@@H]2OC. The van der Waals surface area contributed by atoms with E-state index in [1.165, 1.54) is 19.1 Å². The molecular formula is C45H71NO12. The van der Waals surface area contributed by atoms with E-state index in [9.17, 15) is 34.5 Å². The molecule has 1 saturated carbocycles. The summed E-state index contributed by atoms with van der Waals surface area (Å²) in [5.41, 5.74) is 1.99. The van der Waals surface area contributed by atoms with Crippen LogP contribution in [0.3, 0.4) is 0 Å². The maximum Gasteiger partial charge on any atom is 0.329 e. The fourth-order valence-corrected chi connectivity index (χ4v) is 9.59. The molecular weight excluding hydrogens is 746 g/mol. The summed E-state index contributed by atoms with van der Waals surface area (Å²) in [7, 11) is 4.62. The Bertz CT molecular complexity index is 1530. The minimum Gasteiger partial charge on any atom is -0.456 e. The Labute approximate surface area is 345 Å². The van der Waals surface area contributed by atoms with Gasteiger partial charge in [-0.05, 0) is 107 Å². The van der Waals surface area contributed by atoms with Crippen LogP contribution in [0.4, 0.5) is 0 Å². The molecule has 3 N–H and O–H groups in total. The minimum atomic E-state index is -2.51. The van der Waals surface area contributed by atoms with Gasteiger partial charge in [0, 0.05) is 46.1 Å². The third-order valence-electron chi connectivity index (χ3n) is 13.0. The molecule has 2 saturated heterocycles. The highest BCUT2D eigenvalue weighted by Crippen LogP contribution is 2.39. The number of allylic oxidation sites excluding steroid dienone is 4. The fourth-order valence-electron chi connectivity index (χ4n) is 9.59. The van der Waals surface area contributed by atoms with Gasteiger partial charge in [0.2, 0.25) is 5.79 Å². The number of piperidine rings is 1. The van der Waals surface area contributed by atoms with Gasteiger partial charge in [-0.2, -0.15) is 0 Å². The number of aliphatic hydroxyl groups excluding tert-OH is 2. The van der Waals surface area contributed by atoms with Crippen LogP contribution in [0.1, 0.15) is 112 Å². The van der Waals surface area contributed by atoms with Gasteiger partial charge in [-0.3, -0.25) is 14.4 Å². The van der Waals surface area contributed by atoms with E-state index in [4.69, 9.17) is 23.7 Å². The van der Waals surface area contributed by atoms with Gasteiger partial charge in [-0.15, -0.1) is 0 Å². The van der Waals surface area contributed by atoms with Gasteiger partial charge >= 0.3 is 5.97 Å². The van der Waals surface area contributed by atoms with Crippen LogP contribution < -0.4 is 0 Å². The number of methoxy groups -OCH3 is 3. The molecule has 14 atom stereocenters. The zero-order chi connectivity index (χ0) is 43.1. The quantitative estimate of drug-likeness (QED) is 0.178. The van der Waals surface area contributed by atoms with Gasteiger partial charge < -0.3 is 43.9 Å². The van der Waals surface area contributed by atoms with Crippen LogP contribution in [0.25, 0.3) is 0 Å². The number of nitrogens with zero attached hydrogens (tertiary/aromatic N) is 1. The van der Waals surface area contributed by atoms with Crippen molar-refractivity contribution in [2.75, 3.05) is 27.9 Å². The molecule has 13 nitrogen and oxygen atoms in total. The smallest absolute Gasteiger partial charge is 0.329 e. The molecule has 3 fully saturated rings. The molecule has 3 heterocycles. The van der Waals surface area contributed by atoms with Crippen molar-refractivity contribution in [2.24, 2.45) is 29.6 Å². The van der Waals surface area contributed by atoms with Crippen LogP contribution in [0, 0.1) is 29.6 Å². The topological polar surface area (TPSA) is 178 Å². The maximum atomic E-state index is 14.3. The number of ether oxygens (including phenoxy) is 5. The number of Topliss-reactive ketones (excluding diaryl/α,β-unsaturated/α-hetero) is 2. The molecule has 0 aromatic carbocycles. The number of aliphatic hydroxyl groups is 3. The first-order valence-electron chi connectivity index (χ1n) is 21.3. The van der Waals surface area contributed by atoms with Crippen molar-refractivity contribution in [1.29, 1.82) is 0 Å². The molecule has 3 aliphatic heterocycles. The fraction of sp³-hybridized carbons (Fsp3) is 0.778. The molecule has 58 heavy (non-hydrogen) atoms. The second kappa shape index (κ2) is 21.1. The highest BCUT2D eigenvalue weighted by molar-refractivity contribution is 6.39. The van der Waals surface area contributed by atoms with E-state index < -0.39 is 77.9 Å². The van der Waals surface area contributed by atoms with Crippen LogP contribution in [-0.4, -0.2) is 126 Å². The predicted molar refractivity (Wildman–Crippen MR) is 217 cm³/mol. The first-order chi connectivity index (χ1) is 27.3. The van der Waals surface area contributed by atoms with Crippen molar-refractivity contribution < 1.29 is 58.2 Å². The third-order valence-corrected chi connectivity index (χ3v) is 13.0. The highest BCUT2D eigenvalue weighted by Gasteiger charge is 2.56. The zero-order valence-electron chi connectivity index (χ0n) is 36.3. The largest absolute Gasteiger partial charge is 0.456 e. The van der Waals surface area contributed by atoms with E-state index >= 15 is 0 Å². The Morgan fingerprint density at radius 2 is 1.55 bits per heavy atom. The maximum absolute atomic E-state index is 14.3. The van der Waals surface area contributed by atoms with Crippen molar-refractivity contribution in [3.05, 3.63) is 35.5 Å². The summed E-state index contributed by atoms with van der Waals surface area (Å²) in [6.07, 6.45) is 3.25. The Kier molecular flexibility index (Phi) is 17.5. The Morgan fingerprint density at radius 3 is 2.19 bits per heavy atom. The molecule has 0 aromatic rings. The molecule has 1 amide bonds. The Balaban J connectivity index is 1.79. The number of hydrogen-bond acceptors (Lipinski definition) is 12. The van der Waals surface area contributed by atoms with Crippen molar-refractivity contribution in [1.82, 2.24) is 4.90 Å². The summed E-state index contributed by atoms with van der Waals surface area (Å²) in [5, 5.41) is 34.2. The first-order valence-corrected chi connectivity index (χ1v) is 21.3. The third kappa shape index (κ3) is 11.5. The van der Waals surface area contributed by atoms with E-state index in [0.717, 1.165) is 5.57 Å². The number of carbonyl (C=O) groups is 4. The van der Waals surface area contributed by atoms with E-state index in [1.54, 1.807) is 21.0 Å². The van der Waals surface area contributed by atoms with Crippen LogP contribution >= 0.6 is 0 Å². The van der Waals surface area contributed by atoms with Crippen LogP contribution in [0.5, 0.6) is 0 Å². The molecule has 13 heteroatoms. The van der Waals surface area contributed by atoms with E-state index in [2.05, 4.69) is 13.5 Å². The number of amides is 1. The summed E-state index contributed by atoms with van der Waals surface area (Å²) in [4.78, 5) is 58.0. The van der Waals surface area contributed by atoms with Gasteiger partial charge in [0.1, 0.15) is 18.2 Å². The van der Waals surface area contributed by atoms with Crippen molar-refractivity contribution in [3.8, 4) is 0 Å². The molecule has 4 rings (SSSR count). The lowest BCUT2D eigenvalue weighted by Crippen LogP contribution is -2.64. The van der Waals surface area contributed by atoms with Gasteiger partial charge in [0.25, 0.3) is 11.7 Å². The minimum absolute atomic E-state index is 0.0139. The predicted octanol–water partition coefficient (Wildman–Crippen LogP) is 5.03. The number of fused-ring (bicyclic) bond motifs is 3. The number of esters is 1. The number of hydrogen-bond donors (Lipinski definition) is 3. The van der Waals surface area contributed by atoms with Gasteiger partial charge in [-0.1, -0.05) is 52.0 Å². The molecule has 0 aromatic heterocycles. The standard InChI is InChI=1S/C45H71NO12/c1-25(2)17-32-19-26(3)18-27(4)20-38(55-9)41-39(56-10)22-29(6)45(53,58-41)42(50)43(51)46-16-12-11-13-33(46)44(52)57-40(30(7)35(48)24-36(32)49)28(5)21-31-14-15-34(47)37(23-31)54-8/h19,21,26-27,29-31,33-35,37-41,47-48,53H,1,11-18,20,22-24H2,2-10H3/b28-21?,32-19+/t26?,27-,29+,30+,31-,33-,34+,35-,37+,38-,39-,40+,41+,45+/m0/s1. The lowest BCUT2D eigenvalue weighted by Gasteiger charge is -2.47. The van der Waals surface area contributed by atoms with E-state index in [-0.39, 0.29) is 55.4 Å². The summed E-state index contributed by atoms with van der Waals surface area (Å²) in [6.45, 7) is 15.3. The summed E-state index contributed by atoms with van der Waals surface area (Å²) in [5.74, 6) is -7.33. The van der Waals surface area contributed by atoms with E-state index in [1.807, 2.05) is 32.9 Å². The Hall–Kier alpha value is -2.78. The second-order valence-corrected chi connectivity index (χ2v) is 17.9. The van der Waals surface area contributed by atoms with Crippen LogP contribution in [-0.2, 0) is 42.9 Å². The number of rotatable bonds is 7. The lowest BCUT2D eigenvalue weighted by atomic mass is 9.81. The molecule has 1 unspecified atom stereocenters. The van der Waals surface area contributed by atoms with Crippen LogP contribution in [0.15, 0.2) is 35.5 Å². The molecule has 0 spiro atoms. The number of cyclic esters (lactones) is 1. The van der Waals surface area contributed by atoms with Crippen LogP contribution in [0.2, 0.25) is 0 Å². The van der Waals surface area contributed by atoms with E-state index in [0.29, 0.717) is 62.5 Å². The van der Waals surface area contributed by atoms with Crippen molar-refractivity contribution >= 4 is 23.4 Å².